The van der Waals surface area contributed by atoms with Crippen LogP contribution in [0.25, 0.3) is 11.5 Å². The third-order valence-electron chi connectivity index (χ3n) is 3.66. The summed E-state index contributed by atoms with van der Waals surface area (Å²) in [5, 5.41) is 6.72. The third-order valence-corrected chi connectivity index (χ3v) is 5.41. The summed E-state index contributed by atoms with van der Waals surface area (Å²) in [5.74, 6) is 0.442. The van der Waals surface area contributed by atoms with E-state index in [-0.39, 0.29) is 29.1 Å². The minimum atomic E-state index is -3.02. The maximum absolute atomic E-state index is 12.3. The summed E-state index contributed by atoms with van der Waals surface area (Å²) >= 11 is 0. The maximum atomic E-state index is 12.3. The van der Waals surface area contributed by atoms with Crippen molar-refractivity contribution in [1.82, 2.24) is 15.1 Å². The first-order chi connectivity index (χ1) is 9.96. The zero-order chi connectivity index (χ0) is 15.0. The number of aromatic amines is 1. The molecule has 1 fully saturated rings. The number of amides is 1. The molecular weight excluding hydrogens is 294 g/mol. The summed E-state index contributed by atoms with van der Waals surface area (Å²) in [7, 11) is -1.42. The number of hydrogen-bond donors (Lipinski definition) is 1. The van der Waals surface area contributed by atoms with Gasteiger partial charge >= 0.3 is 0 Å². The zero-order valence-electron chi connectivity index (χ0n) is 11.4. The van der Waals surface area contributed by atoms with Crippen molar-refractivity contribution in [2.45, 2.75) is 12.5 Å². The molecule has 8 heteroatoms. The normalized spacial score (nSPS) is 20.5. The average Bonchev–Trinajstić information content (AvgIpc) is 3.16. The SMILES string of the molecule is CN(C(=O)c1cc(-c2ccco2)[nH]n1)[C@H]1CCS(=O)(=O)C1. The van der Waals surface area contributed by atoms with E-state index in [4.69, 9.17) is 4.42 Å². The lowest BCUT2D eigenvalue weighted by atomic mass is 10.2. The smallest absolute Gasteiger partial charge is 0.274 e. The van der Waals surface area contributed by atoms with E-state index >= 15 is 0 Å². The van der Waals surface area contributed by atoms with Crippen molar-refractivity contribution in [2.24, 2.45) is 0 Å². The van der Waals surface area contributed by atoms with Gasteiger partial charge in [-0.05, 0) is 18.6 Å². The fourth-order valence-electron chi connectivity index (χ4n) is 2.42. The van der Waals surface area contributed by atoms with Gasteiger partial charge in [0.2, 0.25) is 0 Å². The van der Waals surface area contributed by atoms with Gasteiger partial charge in [-0.2, -0.15) is 5.10 Å². The average molecular weight is 309 g/mol. The molecule has 0 radical (unpaired) electrons. The number of rotatable bonds is 3. The predicted octanol–water partition coefficient (Wildman–Crippen LogP) is 0.929. The molecule has 3 heterocycles. The summed E-state index contributed by atoms with van der Waals surface area (Å²) in [4.78, 5) is 13.8. The van der Waals surface area contributed by atoms with Gasteiger partial charge in [0.15, 0.2) is 21.3 Å². The Labute approximate surface area is 121 Å². The van der Waals surface area contributed by atoms with Gasteiger partial charge < -0.3 is 9.32 Å². The Morgan fingerprint density at radius 2 is 2.33 bits per heavy atom. The second-order valence-corrected chi connectivity index (χ2v) is 7.35. The van der Waals surface area contributed by atoms with E-state index in [1.165, 1.54) is 11.2 Å². The van der Waals surface area contributed by atoms with E-state index in [2.05, 4.69) is 10.2 Å². The van der Waals surface area contributed by atoms with E-state index in [9.17, 15) is 13.2 Å². The number of carbonyl (C=O) groups excluding carboxylic acids is 1. The van der Waals surface area contributed by atoms with Crippen LogP contribution in [-0.2, 0) is 9.84 Å². The van der Waals surface area contributed by atoms with E-state index in [0.717, 1.165) is 0 Å². The first-order valence-corrected chi connectivity index (χ1v) is 8.35. The van der Waals surface area contributed by atoms with E-state index in [0.29, 0.717) is 17.9 Å². The molecule has 1 atom stereocenters. The Bertz CT molecular complexity index is 748. The van der Waals surface area contributed by atoms with Crippen molar-refractivity contribution in [2.75, 3.05) is 18.6 Å². The quantitative estimate of drug-likeness (QED) is 0.909. The molecule has 1 aliphatic heterocycles. The number of furan rings is 1. The van der Waals surface area contributed by atoms with E-state index in [1.807, 2.05) is 0 Å². The largest absolute Gasteiger partial charge is 0.463 e. The summed E-state index contributed by atoms with van der Waals surface area (Å²) < 4.78 is 28.2. The Morgan fingerprint density at radius 3 is 2.95 bits per heavy atom. The molecule has 0 spiro atoms. The van der Waals surface area contributed by atoms with Gasteiger partial charge in [-0.15, -0.1) is 0 Å². The highest BCUT2D eigenvalue weighted by atomic mass is 32.2. The summed E-state index contributed by atoms with van der Waals surface area (Å²) in [5.41, 5.74) is 0.851. The Hall–Kier alpha value is -2.09. The Balaban J connectivity index is 1.76. The molecule has 1 aliphatic rings. The van der Waals surface area contributed by atoms with Gasteiger partial charge in [0, 0.05) is 19.2 Å². The molecule has 0 aliphatic carbocycles. The second-order valence-electron chi connectivity index (χ2n) is 5.12. The van der Waals surface area contributed by atoms with Crippen LogP contribution in [0.4, 0.5) is 0 Å². The number of H-pyrrole nitrogens is 1. The third kappa shape index (κ3) is 2.71. The molecule has 0 saturated carbocycles. The van der Waals surface area contributed by atoms with Crippen LogP contribution in [0.5, 0.6) is 0 Å². The van der Waals surface area contributed by atoms with Crippen LogP contribution in [0.2, 0.25) is 0 Å². The number of hydrogen-bond acceptors (Lipinski definition) is 5. The highest BCUT2D eigenvalue weighted by Crippen LogP contribution is 2.21. The van der Waals surface area contributed by atoms with Crippen LogP contribution in [0.3, 0.4) is 0 Å². The molecular formula is C13H15N3O4S. The van der Waals surface area contributed by atoms with Crippen molar-refractivity contribution < 1.29 is 17.6 Å². The molecule has 0 unspecified atom stereocenters. The van der Waals surface area contributed by atoms with Crippen LogP contribution >= 0.6 is 0 Å². The predicted molar refractivity (Wildman–Crippen MR) is 75.4 cm³/mol. The molecule has 21 heavy (non-hydrogen) atoms. The number of nitrogens with zero attached hydrogens (tertiary/aromatic N) is 2. The zero-order valence-corrected chi connectivity index (χ0v) is 12.3. The van der Waals surface area contributed by atoms with E-state index < -0.39 is 9.84 Å². The van der Waals surface area contributed by atoms with Gasteiger partial charge in [0.1, 0.15) is 5.69 Å². The van der Waals surface area contributed by atoms with Gasteiger partial charge in [-0.25, -0.2) is 8.42 Å². The molecule has 3 rings (SSSR count). The highest BCUT2D eigenvalue weighted by Gasteiger charge is 2.33. The number of nitrogens with one attached hydrogen (secondary N) is 1. The highest BCUT2D eigenvalue weighted by molar-refractivity contribution is 7.91. The Kier molecular flexibility index (Phi) is 3.32. The van der Waals surface area contributed by atoms with Gasteiger partial charge in [0.05, 0.1) is 17.8 Å². The van der Waals surface area contributed by atoms with Crippen LogP contribution in [-0.4, -0.2) is 54.0 Å². The monoisotopic (exact) mass is 309 g/mol. The van der Waals surface area contributed by atoms with Crippen molar-refractivity contribution in [3.05, 3.63) is 30.2 Å². The molecule has 1 N–H and O–H groups in total. The van der Waals surface area contributed by atoms with Gasteiger partial charge in [-0.3, -0.25) is 9.89 Å². The molecule has 112 valence electrons. The lowest BCUT2D eigenvalue weighted by Gasteiger charge is -2.22. The molecule has 1 amide bonds. The topological polar surface area (TPSA) is 96.3 Å². The van der Waals surface area contributed by atoms with Crippen molar-refractivity contribution in [3.8, 4) is 11.5 Å². The number of carbonyl (C=O) groups is 1. The van der Waals surface area contributed by atoms with Crippen molar-refractivity contribution >= 4 is 15.7 Å². The molecule has 1 saturated heterocycles. The summed E-state index contributed by atoms with van der Waals surface area (Å²) in [6.07, 6.45) is 2.01. The fraction of sp³-hybridized carbons (Fsp3) is 0.385. The maximum Gasteiger partial charge on any atom is 0.274 e. The molecule has 0 bridgehead atoms. The Morgan fingerprint density at radius 1 is 1.52 bits per heavy atom. The molecule has 0 aromatic carbocycles. The van der Waals surface area contributed by atoms with Crippen molar-refractivity contribution in [1.29, 1.82) is 0 Å². The number of aromatic nitrogens is 2. The lowest BCUT2D eigenvalue weighted by molar-refractivity contribution is 0.0741. The minimum absolute atomic E-state index is 0.0186. The van der Waals surface area contributed by atoms with Crippen LogP contribution in [0, 0.1) is 0 Å². The summed E-state index contributed by atoms with van der Waals surface area (Å²) in [6, 6.07) is 4.81. The van der Waals surface area contributed by atoms with Gasteiger partial charge in [0.25, 0.3) is 5.91 Å². The lowest BCUT2D eigenvalue weighted by Crippen LogP contribution is -2.38. The number of sulfone groups is 1. The molecule has 7 nitrogen and oxygen atoms in total. The van der Waals surface area contributed by atoms with E-state index in [1.54, 1.807) is 25.2 Å². The molecule has 2 aromatic heterocycles. The van der Waals surface area contributed by atoms with Crippen LogP contribution in [0.1, 0.15) is 16.9 Å². The van der Waals surface area contributed by atoms with Crippen LogP contribution < -0.4 is 0 Å². The minimum Gasteiger partial charge on any atom is -0.463 e. The first-order valence-electron chi connectivity index (χ1n) is 6.53. The first kappa shape index (κ1) is 13.9. The fourth-order valence-corrected chi connectivity index (χ4v) is 4.19. The standard InChI is InChI=1S/C13H15N3O4S/c1-16(9-4-6-21(18,19)8-9)13(17)11-7-10(14-15-11)12-3-2-5-20-12/h2-3,5,7,9H,4,6,8H2,1H3,(H,14,15)/t9-/m0/s1. The van der Waals surface area contributed by atoms with Crippen LogP contribution in [0.15, 0.2) is 28.9 Å². The summed E-state index contributed by atoms with van der Waals surface area (Å²) in [6.45, 7) is 0. The molecule has 2 aromatic rings. The van der Waals surface area contributed by atoms with Gasteiger partial charge in [-0.1, -0.05) is 0 Å². The second kappa shape index (κ2) is 5.03. The van der Waals surface area contributed by atoms with Crippen molar-refractivity contribution in [3.63, 3.8) is 0 Å².